The van der Waals surface area contributed by atoms with Crippen LogP contribution in [0.25, 0.3) is 11.4 Å². The minimum atomic E-state index is 0.140. The summed E-state index contributed by atoms with van der Waals surface area (Å²) in [6.45, 7) is 8.78. The number of rotatable bonds is 3. The molecule has 0 bridgehead atoms. The molecule has 1 saturated heterocycles. The Morgan fingerprint density at radius 2 is 1.43 bits per heavy atom. The van der Waals surface area contributed by atoms with E-state index in [-0.39, 0.29) is 11.9 Å². The SMILES string of the molecule is CC(C)N1CCN(c2ccc(-c3nc(N)nc(N)n3)cc2)CC1. The quantitative estimate of drug-likeness (QED) is 0.879. The molecule has 2 aromatic rings. The minimum Gasteiger partial charge on any atom is -0.369 e. The van der Waals surface area contributed by atoms with E-state index in [1.165, 1.54) is 5.69 Å². The van der Waals surface area contributed by atoms with E-state index in [0.29, 0.717) is 11.9 Å². The van der Waals surface area contributed by atoms with Gasteiger partial charge in [-0.15, -0.1) is 0 Å². The predicted octanol–water partition coefficient (Wildman–Crippen LogP) is 1.23. The van der Waals surface area contributed by atoms with Crippen LogP contribution in [0.2, 0.25) is 0 Å². The fraction of sp³-hybridized carbons (Fsp3) is 0.438. The number of hydrogen-bond acceptors (Lipinski definition) is 7. The molecule has 7 nitrogen and oxygen atoms in total. The monoisotopic (exact) mass is 313 g/mol. The van der Waals surface area contributed by atoms with E-state index in [2.05, 4.69) is 50.7 Å². The molecule has 1 aromatic carbocycles. The van der Waals surface area contributed by atoms with Gasteiger partial charge in [-0.1, -0.05) is 0 Å². The summed E-state index contributed by atoms with van der Waals surface area (Å²) in [5.74, 6) is 0.786. The molecule has 0 unspecified atom stereocenters. The second-order valence-electron chi connectivity index (χ2n) is 6.04. The number of piperazine rings is 1. The van der Waals surface area contributed by atoms with Crippen LogP contribution in [0.15, 0.2) is 24.3 Å². The highest BCUT2D eigenvalue weighted by atomic mass is 15.3. The fourth-order valence-corrected chi connectivity index (χ4v) is 2.86. The molecule has 0 spiro atoms. The third-order valence-corrected chi connectivity index (χ3v) is 4.21. The van der Waals surface area contributed by atoms with E-state index in [1.54, 1.807) is 0 Å². The molecule has 1 aliphatic rings. The van der Waals surface area contributed by atoms with Crippen LogP contribution in [0.5, 0.6) is 0 Å². The number of anilines is 3. The molecule has 4 N–H and O–H groups in total. The molecule has 3 rings (SSSR count). The molecule has 0 atom stereocenters. The molecule has 7 heteroatoms. The first-order valence-electron chi connectivity index (χ1n) is 7.89. The van der Waals surface area contributed by atoms with E-state index in [0.717, 1.165) is 31.7 Å². The standard InChI is InChI=1S/C16H23N7/c1-11(2)22-7-9-23(10-8-22)13-5-3-12(4-6-13)14-19-15(17)21-16(18)20-14/h3-6,11H,7-10H2,1-2H3,(H4,17,18,19,20,21). The van der Waals surface area contributed by atoms with E-state index >= 15 is 0 Å². The van der Waals surface area contributed by atoms with Crippen molar-refractivity contribution in [3.63, 3.8) is 0 Å². The molecule has 2 heterocycles. The van der Waals surface area contributed by atoms with Crippen molar-refractivity contribution in [1.82, 2.24) is 19.9 Å². The summed E-state index contributed by atoms with van der Waals surface area (Å²) >= 11 is 0. The van der Waals surface area contributed by atoms with E-state index in [4.69, 9.17) is 11.5 Å². The molecule has 122 valence electrons. The van der Waals surface area contributed by atoms with Gasteiger partial charge in [0.1, 0.15) is 0 Å². The Kier molecular flexibility index (Phi) is 4.29. The van der Waals surface area contributed by atoms with Gasteiger partial charge in [0, 0.05) is 43.5 Å². The van der Waals surface area contributed by atoms with Crippen molar-refractivity contribution in [2.24, 2.45) is 0 Å². The van der Waals surface area contributed by atoms with Crippen LogP contribution in [-0.2, 0) is 0 Å². The Morgan fingerprint density at radius 1 is 0.870 bits per heavy atom. The summed E-state index contributed by atoms with van der Waals surface area (Å²) in [4.78, 5) is 17.0. The number of hydrogen-bond donors (Lipinski definition) is 2. The summed E-state index contributed by atoms with van der Waals surface area (Å²) in [6, 6.07) is 8.79. The van der Waals surface area contributed by atoms with Gasteiger partial charge in [-0.3, -0.25) is 4.90 Å². The third-order valence-electron chi connectivity index (χ3n) is 4.21. The molecule has 1 fully saturated rings. The first kappa shape index (κ1) is 15.5. The van der Waals surface area contributed by atoms with Crippen LogP contribution in [0.1, 0.15) is 13.8 Å². The van der Waals surface area contributed by atoms with Crippen LogP contribution in [0.4, 0.5) is 17.6 Å². The van der Waals surface area contributed by atoms with E-state index < -0.39 is 0 Å². The fourth-order valence-electron chi connectivity index (χ4n) is 2.86. The van der Waals surface area contributed by atoms with E-state index in [1.807, 2.05) is 12.1 Å². The average Bonchev–Trinajstić information content (AvgIpc) is 2.54. The van der Waals surface area contributed by atoms with Gasteiger partial charge in [0.05, 0.1) is 0 Å². The van der Waals surface area contributed by atoms with Crippen molar-refractivity contribution in [2.45, 2.75) is 19.9 Å². The van der Waals surface area contributed by atoms with E-state index in [9.17, 15) is 0 Å². The van der Waals surface area contributed by atoms with Gasteiger partial charge < -0.3 is 16.4 Å². The zero-order chi connectivity index (χ0) is 16.4. The van der Waals surface area contributed by atoms with Gasteiger partial charge >= 0.3 is 0 Å². The lowest BCUT2D eigenvalue weighted by Crippen LogP contribution is -2.48. The van der Waals surface area contributed by atoms with Gasteiger partial charge in [-0.25, -0.2) is 0 Å². The first-order valence-corrected chi connectivity index (χ1v) is 7.89. The molecule has 23 heavy (non-hydrogen) atoms. The highest BCUT2D eigenvalue weighted by Gasteiger charge is 2.19. The van der Waals surface area contributed by atoms with Crippen molar-refractivity contribution < 1.29 is 0 Å². The Bertz CT molecular complexity index is 640. The highest BCUT2D eigenvalue weighted by Crippen LogP contribution is 2.22. The zero-order valence-corrected chi connectivity index (χ0v) is 13.6. The van der Waals surface area contributed by atoms with Gasteiger partial charge in [0.2, 0.25) is 11.9 Å². The molecule has 0 radical (unpaired) electrons. The van der Waals surface area contributed by atoms with Crippen LogP contribution in [0, 0.1) is 0 Å². The zero-order valence-electron chi connectivity index (χ0n) is 13.6. The molecular formula is C16H23N7. The second-order valence-corrected chi connectivity index (χ2v) is 6.04. The lowest BCUT2D eigenvalue weighted by Gasteiger charge is -2.38. The van der Waals surface area contributed by atoms with Crippen LogP contribution >= 0.6 is 0 Å². The van der Waals surface area contributed by atoms with Crippen molar-refractivity contribution in [1.29, 1.82) is 0 Å². The largest absolute Gasteiger partial charge is 0.369 e. The van der Waals surface area contributed by atoms with Gasteiger partial charge in [0.25, 0.3) is 0 Å². The highest BCUT2D eigenvalue weighted by molar-refractivity contribution is 5.62. The lowest BCUT2D eigenvalue weighted by molar-refractivity contribution is 0.209. The Morgan fingerprint density at radius 3 is 1.96 bits per heavy atom. The summed E-state index contributed by atoms with van der Waals surface area (Å²) in [5.41, 5.74) is 13.4. The molecule has 1 aromatic heterocycles. The minimum absolute atomic E-state index is 0.140. The number of benzene rings is 1. The normalized spacial score (nSPS) is 16.0. The van der Waals surface area contributed by atoms with Crippen LogP contribution < -0.4 is 16.4 Å². The smallest absolute Gasteiger partial charge is 0.225 e. The average molecular weight is 313 g/mol. The van der Waals surface area contributed by atoms with Crippen LogP contribution in [-0.4, -0.2) is 52.1 Å². The summed E-state index contributed by atoms with van der Waals surface area (Å²) in [6.07, 6.45) is 0. The number of nitrogens with zero attached hydrogens (tertiary/aromatic N) is 5. The Balaban J connectivity index is 1.73. The second kappa shape index (κ2) is 6.37. The maximum Gasteiger partial charge on any atom is 0.225 e. The summed E-state index contributed by atoms with van der Waals surface area (Å²) in [5, 5.41) is 0. The van der Waals surface area contributed by atoms with Crippen molar-refractivity contribution in [3.05, 3.63) is 24.3 Å². The molecule has 0 saturated carbocycles. The maximum atomic E-state index is 5.63. The molecule has 0 amide bonds. The van der Waals surface area contributed by atoms with Crippen molar-refractivity contribution in [3.8, 4) is 11.4 Å². The van der Waals surface area contributed by atoms with Gasteiger partial charge in [0.15, 0.2) is 5.82 Å². The predicted molar refractivity (Wildman–Crippen MR) is 93.0 cm³/mol. The lowest BCUT2D eigenvalue weighted by atomic mass is 10.1. The Labute approximate surface area is 136 Å². The first-order chi connectivity index (χ1) is 11.0. The van der Waals surface area contributed by atoms with Gasteiger partial charge in [-0.2, -0.15) is 15.0 Å². The molecule has 1 aliphatic heterocycles. The summed E-state index contributed by atoms with van der Waals surface area (Å²) < 4.78 is 0. The summed E-state index contributed by atoms with van der Waals surface area (Å²) in [7, 11) is 0. The third kappa shape index (κ3) is 3.50. The molecular weight excluding hydrogens is 290 g/mol. The van der Waals surface area contributed by atoms with Crippen molar-refractivity contribution >= 4 is 17.6 Å². The molecule has 0 aliphatic carbocycles. The number of nitrogen functional groups attached to an aromatic ring is 2. The van der Waals surface area contributed by atoms with Crippen molar-refractivity contribution in [2.75, 3.05) is 42.5 Å². The van der Waals surface area contributed by atoms with Gasteiger partial charge in [-0.05, 0) is 38.1 Å². The topological polar surface area (TPSA) is 97.2 Å². The number of aromatic nitrogens is 3. The maximum absolute atomic E-state index is 5.63. The Hall–Kier alpha value is -2.41. The number of nitrogens with two attached hydrogens (primary N) is 2. The van der Waals surface area contributed by atoms with Crippen LogP contribution in [0.3, 0.4) is 0 Å².